The number of nitrogens with zero attached hydrogens (tertiary/aromatic N) is 3. The van der Waals surface area contributed by atoms with Crippen LogP contribution in [0, 0.1) is 23.6 Å². The van der Waals surface area contributed by atoms with Crippen LogP contribution in [0.4, 0.5) is 18.9 Å². The summed E-state index contributed by atoms with van der Waals surface area (Å²) in [4.78, 5) is 43.5. The Morgan fingerprint density at radius 3 is 2.38 bits per heavy atom. The Morgan fingerprint density at radius 1 is 1.10 bits per heavy atom. The van der Waals surface area contributed by atoms with Crippen LogP contribution >= 0.6 is 0 Å². The molecule has 2 aliphatic carbocycles. The van der Waals surface area contributed by atoms with Crippen molar-refractivity contribution in [3.63, 3.8) is 0 Å². The Balaban J connectivity index is 1.28. The maximum atomic E-state index is 14.8. The molecule has 1 aromatic heterocycles. The number of pyridine rings is 1. The zero-order valence-corrected chi connectivity index (χ0v) is 22.8. The van der Waals surface area contributed by atoms with Crippen LogP contribution in [0.5, 0.6) is 0 Å². The van der Waals surface area contributed by atoms with Gasteiger partial charge in [-0.25, -0.2) is 13.2 Å². The summed E-state index contributed by atoms with van der Waals surface area (Å²) in [5, 5.41) is 6.15. The van der Waals surface area contributed by atoms with Gasteiger partial charge in [0.25, 0.3) is 17.9 Å². The fourth-order valence-corrected chi connectivity index (χ4v) is 6.48. The molecule has 2 amide bonds. The lowest BCUT2D eigenvalue weighted by Crippen LogP contribution is -2.65. The molecule has 3 heterocycles. The summed E-state index contributed by atoms with van der Waals surface area (Å²) in [7, 11) is 2.06. The monoisotopic (exact) mass is 557 g/mol. The first-order valence-corrected chi connectivity index (χ1v) is 13.8. The Morgan fingerprint density at radius 2 is 1.75 bits per heavy atom. The van der Waals surface area contributed by atoms with E-state index in [0.29, 0.717) is 30.6 Å². The van der Waals surface area contributed by atoms with Crippen LogP contribution in [0.25, 0.3) is 0 Å². The molecule has 8 nitrogen and oxygen atoms in total. The number of carbonyl (C=O) groups excluding carboxylic acids is 2. The molecule has 0 radical (unpaired) electrons. The van der Waals surface area contributed by atoms with E-state index in [2.05, 4.69) is 22.6 Å². The van der Waals surface area contributed by atoms with Gasteiger partial charge in [0, 0.05) is 56.0 Å². The van der Waals surface area contributed by atoms with Gasteiger partial charge < -0.3 is 25.0 Å². The lowest BCUT2D eigenvalue weighted by atomic mass is 9.90. The largest absolute Gasteiger partial charge is 0.381 e. The Hall–Kier alpha value is -3.34. The number of likely N-dealkylation sites (tertiary alicyclic amines) is 2. The second kappa shape index (κ2) is 9.64. The lowest BCUT2D eigenvalue weighted by molar-refractivity contribution is -0.142. The highest BCUT2D eigenvalue weighted by molar-refractivity contribution is 5.99. The number of nitrogens with one attached hydrogen (secondary N) is 2. The third-order valence-electron chi connectivity index (χ3n) is 8.99. The van der Waals surface area contributed by atoms with Crippen LogP contribution in [0.2, 0.25) is 0 Å². The molecule has 0 spiro atoms. The normalized spacial score (nSPS) is 25.8. The molecule has 2 aliphatic heterocycles. The number of rotatable bonds is 8. The molecule has 4 atom stereocenters. The predicted octanol–water partition coefficient (Wildman–Crippen LogP) is 3.36. The molecule has 4 fully saturated rings. The van der Waals surface area contributed by atoms with Crippen molar-refractivity contribution in [1.29, 1.82) is 0 Å². The third-order valence-corrected chi connectivity index (χ3v) is 8.99. The summed E-state index contributed by atoms with van der Waals surface area (Å²) in [5.74, 6) is -0.557. The van der Waals surface area contributed by atoms with Crippen LogP contribution in [0.1, 0.15) is 60.6 Å². The number of piperidine rings is 1. The van der Waals surface area contributed by atoms with Gasteiger partial charge in [-0.1, -0.05) is 18.2 Å². The molecule has 214 valence electrons. The highest BCUT2D eigenvalue weighted by Crippen LogP contribution is 2.47. The van der Waals surface area contributed by atoms with Crippen LogP contribution in [-0.4, -0.2) is 65.4 Å². The van der Waals surface area contributed by atoms with Crippen molar-refractivity contribution >= 4 is 17.5 Å². The van der Waals surface area contributed by atoms with Crippen molar-refractivity contribution in [2.45, 2.75) is 50.7 Å². The van der Waals surface area contributed by atoms with Crippen molar-refractivity contribution in [2.75, 3.05) is 38.5 Å². The van der Waals surface area contributed by atoms with Gasteiger partial charge in [0.2, 0.25) is 5.91 Å². The summed E-state index contributed by atoms with van der Waals surface area (Å²) in [5.41, 5.74) is -1.12. The van der Waals surface area contributed by atoms with E-state index in [1.54, 1.807) is 4.90 Å². The topological polar surface area (TPSA) is 86.7 Å². The number of hydrogen-bond donors (Lipinski definition) is 2. The Bertz CT molecular complexity index is 1410. The molecule has 1 aromatic carbocycles. The third kappa shape index (κ3) is 4.67. The maximum absolute atomic E-state index is 14.8. The van der Waals surface area contributed by atoms with E-state index in [4.69, 9.17) is 0 Å². The van der Waals surface area contributed by atoms with Gasteiger partial charge >= 0.3 is 0 Å². The van der Waals surface area contributed by atoms with Gasteiger partial charge in [-0.05, 0) is 45.6 Å². The van der Waals surface area contributed by atoms with Gasteiger partial charge in [0.05, 0.1) is 28.4 Å². The lowest BCUT2D eigenvalue weighted by Gasteiger charge is -2.49. The molecule has 2 N–H and O–H groups in total. The highest BCUT2D eigenvalue weighted by Gasteiger charge is 2.55. The second-order valence-corrected chi connectivity index (χ2v) is 12.2. The van der Waals surface area contributed by atoms with E-state index >= 15 is 0 Å². The minimum atomic E-state index is -2.98. The maximum Gasteiger partial charge on any atom is 0.266 e. The quantitative estimate of drug-likeness (QED) is 0.520. The number of alkyl halides is 2. The first-order valence-electron chi connectivity index (χ1n) is 13.8. The number of halogens is 3. The van der Waals surface area contributed by atoms with Crippen molar-refractivity contribution < 1.29 is 22.8 Å². The van der Waals surface area contributed by atoms with Crippen molar-refractivity contribution in [2.24, 2.45) is 17.8 Å². The zero-order valence-electron chi connectivity index (χ0n) is 22.8. The Kier molecular flexibility index (Phi) is 6.47. The average Bonchev–Trinajstić information content (AvgIpc) is 3.79. The number of aromatic nitrogens is 1. The van der Waals surface area contributed by atoms with Crippen molar-refractivity contribution in [3.05, 3.63) is 63.3 Å². The molecule has 4 aliphatic rings. The first-order chi connectivity index (χ1) is 19.0. The minimum absolute atomic E-state index is 0.0473. The summed E-state index contributed by atoms with van der Waals surface area (Å²) in [6.07, 6.45) is 0.333. The van der Waals surface area contributed by atoms with Crippen molar-refractivity contribution in [3.8, 4) is 0 Å². The van der Waals surface area contributed by atoms with Crippen molar-refractivity contribution in [1.82, 2.24) is 19.7 Å². The van der Waals surface area contributed by atoms with Gasteiger partial charge in [0.1, 0.15) is 5.82 Å². The predicted molar refractivity (Wildman–Crippen MR) is 143 cm³/mol. The SMILES string of the molecule is CC(NC(=O)c1cn(C2(C)CN(C(=O)C3CC3)C2)c(=O)cc1N[C@@H]1[C@@H]2CN(C)C[C@@H]21)c1cccc(C(F)F)c1F. The minimum Gasteiger partial charge on any atom is -0.381 e. The van der Waals surface area contributed by atoms with E-state index in [0.717, 1.165) is 32.0 Å². The molecular formula is C29H34F3N5O3. The van der Waals surface area contributed by atoms with E-state index in [-0.39, 0.29) is 34.6 Å². The summed E-state index contributed by atoms with van der Waals surface area (Å²) in [6.45, 7) is 6.02. The van der Waals surface area contributed by atoms with E-state index in [1.807, 2.05) is 6.92 Å². The van der Waals surface area contributed by atoms with Gasteiger partial charge in [-0.2, -0.15) is 0 Å². The molecule has 2 saturated heterocycles. The van der Waals surface area contributed by atoms with Gasteiger partial charge in [-0.15, -0.1) is 0 Å². The number of hydrogen-bond acceptors (Lipinski definition) is 5. The van der Waals surface area contributed by atoms with E-state index < -0.39 is 35.3 Å². The molecule has 1 unspecified atom stereocenters. The number of anilines is 1. The molecule has 2 aromatic rings. The second-order valence-electron chi connectivity index (χ2n) is 12.2. The first kappa shape index (κ1) is 26.9. The van der Waals surface area contributed by atoms with Crippen LogP contribution in [0.15, 0.2) is 35.3 Å². The summed E-state index contributed by atoms with van der Waals surface area (Å²) >= 11 is 0. The molecule has 2 saturated carbocycles. The highest BCUT2D eigenvalue weighted by atomic mass is 19.3. The number of amides is 2. The zero-order chi connectivity index (χ0) is 28.5. The molecule has 40 heavy (non-hydrogen) atoms. The Labute approximate surface area is 230 Å². The standard InChI is InChI=1S/C29H34F3N5O3/c1-15(17-5-4-6-18(24(17)30)26(31)32)33-27(39)21-12-37(29(2)13-36(14-29)28(40)16-7-8-16)23(38)9-22(21)34-25-19-10-35(3)11-20(19)25/h4-6,9,12,15-16,19-20,25-26,34H,7-8,10-11,13-14H2,1-3H3,(H,33,39)/t15?,19-,20+,25-. The van der Waals surface area contributed by atoms with E-state index in [9.17, 15) is 27.6 Å². The van der Waals surface area contributed by atoms with Gasteiger partial charge in [0.15, 0.2) is 0 Å². The van der Waals surface area contributed by atoms with Gasteiger partial charge in [-0.3, -0.25) is 14.4 Å². The average molecular weight is 558 g/mol. The van der Waals surface area contributed by atoms with Crippen LogP contribution < -0.4 is 16.2 Å². The van der Waals surface area contributed by atoms with Crippen LogP contribution in [-0.2, 0) is 10.3 Å². The summed E-state index contributed by atoms with van der Waals surface area (Å²) < 4.78 is 42.8. The van der Waals surface area contributed by atoms with Crippen LogP contribution in [0.3, 0.4) is 0 Å². The molecule has 6 rings (SSSR count). The molecule has 11 heteroatoms. The summed E-state index contributed by atoms with van der Waals surface area (Å²) in [6, 6.07) is 4.39. The number of fused-ring (bicyclic) bond motifs is 1. The number of carbonyl (C=O) groups is 2. The molecule has 0 bridgehead atoms. The fourth-order valence-electron chi connectivity index (χ4n) is 6.48. The van der Waals surface area contributed by atoms with E-state index in [1.165, 1.54) is 35.9 Å². The number of benzene rings is 1. The fraction of sp³-hybridized carbons (Fsp3) is 0.552. The molecular weight excluding hydrogens is 523 g/mol. The smallest absolute Gasteiger partial charge is 0.266 e.